The van der Waals surface area contributed by atoms with Crippen molar-refractivity contribution in [2.24, 2.45) is 5.41 Å². The highest BCUT2D eigenvalue weighted by Crippen LogP contribution is 2.14. The van der Waals surface area contributed by atoms with Gasteiger partial charge in [-0.25, -0.2) is 0 Å². The molecule has 0 aromatic rings. The molecule has 12 heavy (non-hydrogen) atoms. The van der Waals surface area contributed by atoms with E-state index in [9.17, 15) is 4.79 Å². The maximum atomic E-state index is 10.3. The van der Waals surface area contributed by atoms with Gasteiger partial charge >= 0.3 is 5.97 Å². The average Bonchev–Trinajstić information content (AvgIpc) is 1.80. The number of aliphatic carboxylic acids is 1. The van der Waals surface area contributed by atoms with Crippen molar-refractivity contribution in [2.45, 2.75) is 40.2 Å². The van der Waals surface area contributed by atoms with E-state index in [-0.39, 0.29) is 17.9 Å². The molecule has 0 rings (SSSR count). The molecule has 0 saturated heterocycles. The minimum Gasteiger partial charge on any atom is -0.481 e. The lowest BCUT2D eigenvalue weighted by Gasteiger charge is -2.20. The van der Waals surface area contributed by atoms with Gasteiger partial charge in [-0.3, -0.25) is 4.79 Å². The van der Waals surface area contributed by atoms with E-state index in [4.69, 9.17) is 9.84 Å². The molecule has 3 nitrogen and oxygen atoms in total. The SMILES string of the molecule is CC(CC(=O)O)OCC(C)(C)C. The second-order valence-electron chi connectivity index (χ2n) is 4.28. The molecule has 0 aromatic heterocycles. The molecule has 0 aromatic carbocycles. The Hall–Kier alpha value is -0.570. The van der Waals surface area contributed by atoms with Gasteiger partial charge in [0.2, 0.25) is 0 Å². The smallest absolute Gasteiger partial charge is 0.305 e. The van der Waals surface area contributed by atoms with Crippen LogP contribution in [0.15, 0.2) is 0 Å². The molecule has 0 heterocycles. The van der Waals surface area contributed by atoms with Crippen LogP contribution in [0.5, 0.6) is 0 Å². The Morgan fingerprint density at radius 3 is 2.33 bits per heavy atom. The molecule has 72 valence electrons. The quantitative estimate of drug-likeness (QED) is 0.708. The molecule has 0 radical (unpaired) electrons. The summed E-state index contributed by atoms with van der Waals surface area (Å²) in [6.07, 6.45) is -0.113. The zero-order chi connectivity index (χ0) is 9.78. The van der Waals surface area contributed by atoms with Crippen LogP contribution < -0.4 is 0 Å². The Morgan fingerprint density at radius 2 is 2.00 bits per heavy atom. The Morgan fingerprint density at radius 1 is 1.50 bits per heavy atom. The number of carbonyl (C=O) groups is 1. The van der Waals surface area contributed by atoms with Crippen molar-refractivity contribution in [3.8, 4) is 0 Å². The topological polar surface area (TPSA) is 46.5 Å². The third-order valence-electron chi connectivity index (χ3n) is 1.26. The first-order valence-corrected chi connectivity index (χ1v) is 4.14. The lowest BCUT2D eigenvalue weighted by Crippen LogP contribution is -2.21. The first kappa shape index (κ1) is 11.4. The largest absolute Gasteiger partial charge is 0.481 e. The van der Waals surface area contributed by atoms with Crippen LogP contribution >= 0.6 is 0 Å². The van der Waals surface area contributed by atoms with Gasteiger partial charge in [0.1, 0.15) is 0 Å². The van der Waals surface area contributed by atoms with E-state index in [2.05, 4.69) is 20.8 Å². The third-order valence-corrected chi connectivity index (χ3v) is 1.26. The van der Waals surface area contributed by atoms with E-state index in [1.807, 2.05) is 0 Å². The summed E-state index contributed by atoms with van der Waals surface area (Å²) in [4.78, 5) is 10.3. The normalized spacial score (nSPS) is 14.3. The highest BCUT2D eigenvalue weighted by atomic mass is 16.5. The van der Waals surface area contributed by atoms with Crippen LogP contribution in [-0.2, 0) is 9.53 Å². The van der Waals surface area contributed by atoms with Gasteiger partial charge in [-0.05, 0) is 12.3 Å². The third kappa shape index (κ3) is 7.54. The van der Waals surface area contributed by atoms with Crippen LogP contribution in [0.25, 0.3) is 0 Å². The van der Waals surface area contributed by atoms with Gasteiger partial charge < -0.3 is 9.84 Å². The Bertz CT molecular complexity index is 146. The summed E-state index contributed by atoms with van der Waals surface area (Å²) >= 11 is 0. The van der Waals surface area contributed by atoms with E-state index in [0.29, 0.717) is 6.61 Å². The van der Waals surface area contributed by atoms with Gasteiger partial charge in [0, 0.05) is 0 Å². The lowest BCUT2D eigenvalue weighted by atomic mass is 9.98. The molecular formula is C9H18O3. The van der Waals surface area contributed by atoms with E-state index in [0.717, 1.165) is 0 Å². The van der Waals surface area contributed by atoms with E-state index >= 15 is 0 Å². The summed E-state index contributed by atoms with van der Waals surface area (Å²) in [6.45, 7) is 8.54. The predicted octanol–water partition coefficient (Wildman–Crippen LogP) is 1.91. The van der Waals surface area contributed by atoms with Crippen molar-refractivity contribution in [3.63, 3.8) is 0 Å². The monoisotopic (exact) mass is 174 g/mol. The van der Waals surface area contributed by atoms with Crippen LogP contribution in [0.4, 0.5) is 0 Å². The number of rotatable bonds is 4. The second-order valence-corrected chi connectivity index (χ2v) is 4.28. The van der Waals surface area contributed by atoms with Crippen LogP contribution in [0.2, 0.25) is 0 Å². The molecule has 0 aliphatic rings. The maximum Gasteiger partial charge on any atom is 0.305 e. The Balaban J connectivity index is 3.57. The van der Waals surface area contributed by atoms with Crippen molar-refractivity contribution < 1.29 is 14.6 Å². The molecule has 0 fully saturated rings. The Labute approximate surface area is 73.7 Å². The summed E-state index contributed by atoms with van der Waals surface area (Å²) in [5.41, 5.74) is 0.104. The average molecular weight is 174 g/mol. The van der Waals surface area contributed by atoms with Gasteiger partial charge in [-0.1, -0.05) is 20.8 Å². The van der Waals surface area contributed by atoms with Gasteiger partial charge in [0.25, 0.3) is 0 Å². The van der Waals surface area contributed by atoms with Crippen molar-refractivity contribution in [2.75, 3.05) is 6.61 Å². The molecule has 0 bridgehead atoms. The van der Waals surface area contributed by atoms with Gasteiger partial charge in [-0.2, -0.15) is 0 Å². The highest BCUT2D eigenvalue weighted by molar-refractivity contribution is 5.67. The molecule has 0 amide bonds. The lowest BCUT2D eigenvalue weighted by molar-refractivity contribution is -0.140. The summed E-state index contributed by atoms with van der Waals surface area (Å²) in [5.74, 6) is -0.809. The number of carboxylic acid groups (broad SMARTS) is 1. The van der Waals surface area contributed by atoms with Crippen molar-refractivity contribution in [3.05, 3.63) is 0 Å². The first-order valence-electron chi connectivity index (χ1n) is 4.14. The molecule has 0 aliphatic carbocycles. The van der Waals surface area contributed by atoms with E-state index < -0.39 is 5.97 Å². The minimum atomic E-state index is -0.809. The van der Waals surface area contributed by atoms with Crippen molar-refractivity contribution in [1.29, 1.82) is 0 Å². The van der Waals surface area contributed by atoms with Crippen LogP contribution in [-0.4, -0.2) is 23.8 Å². The zero-order valence-corrected chi connectivity index (χ0v) is 8.26. The second kappa shape index (κ2) is 4.45. The van der Waals surface area contributed by atoms with Crippen LogP contribution in [0, 0.1) is 5.41 Å². The fraction of sp³-hybridized carbons (Fsp3) is 0.889. The van der Waals surface area contributed by atoms with Gasteiger partial charge in [0.05, 0.1) is 19.1 Å². The van der Waals surface area contributed by atoms with Gasteiger partial charge in [-0.15, -0.1) is 0 Å². The summed E-state index contributed by atoms with van der Waals surface area (Å²) in [7, 11) is 0. The van der Waals surface area contributed by atoms with Crippen LogP contribution in [0.1, 0.15) is 34.1 Å². The number of ether oxygens (including phenoxy) is 1. The predicted molar refractivity (Wildman–Crippen MR) is 47.1 cm³/mol. The molecule has 0 aliphatic heterocycles. The first-order chi connectivity index (χ1) is 5.31. The standard InChI is InChI=1S/C9H18O3/c1-7(5-8(10)11)12-6-9(2,3)4/h7H,5-6H2,1-4H3,(H,10,11). The number of hydrogen-bond donors (Lipinski definition) is 1. The fourth-order valence-electron chi connectivity index (χ4n) is 0.697. The van der Waals surface area contributed by atoms with E-state index in [1.165, 1.54) is 0 Å². The van der Waals surface area contributed by atoms with Gasteiger partial charge in [0.15, 0.2) is 0 Å². The molecule has 0 spiro atoms. The fourth-order valence-corrected chi connectivity index (χ4v) is 0.697. The van der Waals surface area contributed by atoms with Crippen molar-refractivity contribution in [1.82, 2.24) is 0 Å². The summed E-state index contributed by atoms with van der Waals surface area (Å²) < 4.78 is 5.34. The molecule has 3 heteroatoms. The van der Waals surface area contributed by atoms with E-state index in [1.54, 1.807) is 6.92 Å². The molecule has 1 atom stereocenters. The molecular weight excluding hydrogens is 156 g/mol. The highest BCUT2D eigenvalue weighted by Gasteiger charge is 2.14. The zero-order valence-electron chi connectivity index (χ0n) is 8.26. The summed E-state index contributed by atoms with van der Waals surface area (Å²) in [6, 6.07) is 0. The van der Waals surface area contributed by atoms with Crippen LogP contribution in [0.3, 0.4) is 0 Å². The number of carboxylic acids is 1. The molecule has 1 N–H and O–H groups in total. The molecule has 0 saturated carbocycles. The Kier molecular flexibility index (Phi) is 4.24. The minimum absolute atomic E-state index is 0.0794. The summed E-state index contributed by atoms with van der Waals surface area (Å²) in [5, 5.41) is 8.43. The maximum absolute atomic E-state index is 10.3. The van der Waals surface area contributed by atoms with Crippen molar-refractivity contribution >= 4 is 5.97 Å². The number of hydrogen-bond acceptors (Lipinski definition) is 2. The molecule has 1 unspecified atom stereocenters.